The number of furan rings is 1. The van der Waals surface area contributed by atoms with Crippen molar-refractivity contribution in [2.24, 2.45) is 5.41 Å². The molecule has 1 aliphatic rings. The Hall–Kier alpha value is -3.48. The van der Waals surface area contributed by atoms with Crippen LogP contribution in [-0.4, -0.2) is 22.6 Å². The number of Topliss-reactive ketones (excluding diaryl/α,β-unsaturated/α-hetero) is 1. The summed E-state index contributed by atoms with van der Waals surface area (Å²) in [5, 5.41) is 1.46. The van der Waals surface area contributed by atoms with Crippen LogP contribution in [0.15, 0.2) is 59.0 Å². The van der Waals surface area contributed by atoms with E-state index in [4.69, 9.17) is 32.6 Å². The van der Waals surface area contributed by atoms with Crippen molar-refractivity contribution >= 4 is 57.6 Å². The number of hydrogen-bond acceptors (Lipinski definition) is 5. The minimum Gasteiger partial charge on any atom is -0.432 e. The molecule has 1 fully saturated rings. The third kappa shape index (κ3) is 4.10. The Labute approximate surface area is 217 Å². The van der Waals surface area contributed by atoms with Crippen LogP contribution >= 0.6 is 23.2 Å². The standard InChI is InChI=1S/C28H22Cl2N2O4/c1-28(2,3)26(35)25-24(32-21(33)12-13-22(32)34)19-14-18(15-8-10-16(29)11-9-15)23(31-27(19)36-25)17-6-4-5-7-20(17)30/h4-11,14H,12-13H2,1-3H3. The van der Waals surface area contributed by atoms with Gasteiger partial charge in [0.1, 0.15) is 5.69 Å². The van der Waals surface area contributed by atoms with Crippen LogP contribution in [0, 0.1) is 5.41 Å². The second-order valence-electron chi connectivity index (χ2n) is 9.71. The van der Waals surface area contributed by atoms with Crippen LogP contribution < -0.4 is 4.90 Å². The summed E-state index contributed by atoms with van der Waals surface area (Å²) in [6.45, 7) is 5.25. The molecule has 4 aromatic rings. The zero-order chi connectivity index (χ0) is 25.8. The zero-order valence-electron chi connectivity index (χ0n) is 19.9. The molecule has 1 saturated heterocycles. The normalized spacial score (nSPS) is 14.2. The van der Waals surface area contributed by atoms with Crippen molar-refractivity contribution in [3.05, 3.63) is 70.4 Å². The number of anilines is 1. The monoisotopic (exact) mass is 520 g/mol. The highest BCUT2D eigenvalue weighted by Crippen LogP contribution is 2.44. The first-order valence-electron chi connectivity index (χ1n) is 11.4. The molecule has 2 aromatic heterocycles. The number of pyridine rings is 1. The van der Waals surface area contributed by atoms with Crippen molar-refractivity contribution < 1.29 is 18.8 Å². The van der Waals surface area contributed by atoms with Gasteiger partial charge >= 0.3 is 0 Å². The van der Waals surface area contributed by atoms with E-state index in [1.165, 1.54) is 0 Å². The van der Waals surface area contributed by atoms with Crippen molar-refractivity contribution in [3.8, 4) is 22.4 Å². The highest BCUT2D eigenvalue weighted by molar-refractivity contribution is 6.33. The Morgan fingerprint density at radius 1 is 0.944 bits per heavy atom. The summed E-state index contributed by atoms with van der Waals surface area (Å²) in [4.78, 5) is 44.8. The lowest BCUT2D eigenvalue weighted by atomic mass is 9.88. The predicted octanol–water partition coefficient (Wildman–Crippen LogP) is 7.35. The summed E-state index contributed by atoms with van der Waals surface area (Å²) in [6.07, 6.45) is 0.146. The number of halogens is 2. The van der Waals surface area contributed by atoms with Gasteiger partial charge in [-0.05, 0) is 29.8 Å². The van der Waals surface area contributed by atoms with Crippen LogP contribution in [0.2, 0.25) is 10.0 Å². The number of amides is 2. The van der Waals surface area contributed by atoms with E-state index in [-0.39, 0.29) is 47.6 Å². The summed E-state index contributed by atoms with van der Waals surface area (Å²) >= 11 is 12.7. The van der Waals surface area contributed by atoms with Gasteiger partial charge in [0.2, 0.25) is 23.3 Å². The van der Waals surface area contributed by atoms with Gasteiger partial charge in [0.25, 0.3) is 0 Å². The van der Waals surface area contributed by atoms with Gasteiger partial charge in [-0.3, -0.25) is 14.4 Å². The second kappa shape index (κ2) is 8.87. The molecular formula is C28H22Cl2N2O4. The SMILES string of the molecule is CC(C)(C)C(=O)c1oc2nc(-c3ccccc3Cl)c(-c3ccc(Cl)cc3)cc2c1N1C(=O)CCC1=O. The first-order chi connectivity index (χ1) is 17.1. The molecule has 0 unspecified atom stereocenters. The fourth-order valence-electron chi connectivity index (χ4n) is 4.26. The average Bonchev–Trinajstić information content (AvgIpc) is 3.36. The Morgan fingerprint density at radius 2 is 1.58 bits per heavy atom. The maximum absolute atomic E-state index is 13.4. The van der Waals surface area contributed by atoms with Crippen molar-refractivity contribution in [1.82, 2.24) is 4.98 Å². The van der Waals surface area contributed by atoms with Crippen LogP contribution in [0.25, 0.3) is 33.5 Å². The fourth-order valence-corrected chi connectivity index (χ4v) is 4.61. The molecule has 1 aliphatic heterocycles. The largest absolute Gasteiger partial charge is 0.432 e. The van der Waals surface area contributed by atoms with Crippen molar-refractivity contribution in [2.45, 2.75) is 33.6 Å². The lowest BCUT2D eigenvalue weighted by Gasteiger charge is -2.19. The van der Waals surface area contributed by atoms with Crippen LogP contribution in [0.5, 0.6) is 0 Å². The third-order valence-electron chi connectivity index (χ3n) is 6.10. The molecule has 5 rings (SSSR count). The molecule has 2 amide bonds. The summed E-state index contributed by atoms with van der Waals surface area (Å²) in [6, 6.07) is 16.3. The topological polar surface area (TPSA) is 80.5 Å². The van der Waals surface area contributed by atoms with Crippen LogP contribution in [0.4, 0.5) is 5.69 Å². The number of carbonyl (C=O) groups excluding carboxylic acids is 3. The molecule has 36 heavy (non-hydrogen) atoms. The highest BCUT2D eigenvalue weighted by atomic mass is 35.5. The van der Waals surface area contributed by atoms with Gasteiger partial charge < -0.3 is 4.42 Å². The molecule has 8 heteroatoms. The van der Waals surface area contributed by atoms with E-state index in [0.29, 0.717) is 32.3 Å². The van der Waals surface area contributed by atoms with E-state index in [0.717, 1.165) is 10.5 Å². The molecule has 2 aromatic carbocycles. The molecule has 0 atom stereocenters. The number of aromatic nitrogens is 1. The first kappa shape index (κ1) is 24.2. The number of hydrogen-bond donors (Lipinski definition) is 0. The Morgan fingerprint density at radius 3 is 2.19 bits per heavy atom. The molecular weight excluding hydrogens is 499 g/mol. The van der Waals surface area contributed by atoms with E-state index in [2.05, 4.69) is 0 Å². The molecule has 0 bridgehead atoms. The fraction of sp³-hybridized carbons (Fsp3) is 0.214. The third-order valence-corrected chi connectivity index (χ3v) is 6.68. The number of imide groups is 1. The molecule has 0 aliphatic carbocycles. The molecule has 0 radical (unpaired) electrons. The molecule has 3 heterocycles. The highest BCUT2D eigenvalue weighted by Gasteiger charge is 2.40. The number of benzene rings is 2. The number of nitrogens with zero attached hydrogens (tertiary/aromatic N) is 2. The first-order valence-corrected chi connectivity index (χ1v) is 12.2. The van der Waals surface area contributed by atoms with Crippen LogP contribution in [-0.2, 0) is 9.59 Å². The second-order valence-corrected chi connectivity index (χ2v) is 10.5. The quantitative estimate of drug-likeness (QED) is 0.207. The lowest BCUT2D eigenvalue weighted by Crippen LogP contribution is -2.31. The Kier molecular flexibility index (Phi) is 5.97. The zero-order valence-corrected chi connectivity index (χ0v) is 21.4. The van der Waals surface area contributed by atoms with Gasteiger partial charge in [-0.25, -0.2) is 9.88 Å². The maximum atomic E-state index is 13.4. The number of carbonyl (C=O) groups is 3. The van der Waals surface area contributed by atoms with E-state index in [1.807, 2.05) is 30.3 Å². The van der Waals surface area contributed by atoms with E-state index in [1.54, 1.807) is 45.0 Å². The summed E-state index contributed by atoms with van der Waals surface area (Å²) in [5.41, 5.74) is 2.13. The van der Waals surface area contributed by atoms with E-state index < -0.39 is 5.41 Å². The predicted molar refractivity (Wildman–Crippen MR) is 140 cm³/mol. The van der Waals surface area contributed by atoms with Gasteiger partial charge in [-0.2, -0.15) is 0 Å². The van der Waals surface area contributed by atoms with Crippen molar-refractivity contribution in [1.29, 1.82) is 0 Å². The summed E-state index contributed by atoms with van der Waals surface area (Å²) < 4.78 is 6.04. The molecule has 0 spiro atoms. The molecule has 0 saturated carbocycles. The van der Waals surface area contributed by atoms with E-state index in [9.17, 15) is 14.4 Å². The Balaban J connectivity index is 1.88. The van der Waals surface area contributed by atoms with Crippen molar-refractivity contribution in [3.63, 3.8) is 0 Å². The summed E-state index contributed by atoms with van der Waals surface area (Å²) in [7, 11) is 0. The van der Waals surface area contributed by atoms with Gasteiger partial charge in [-0.15, -0.1) is 0 Å². The number of fused-ring (bicyclic) bond motifs is 1. The van der Waals surface area contributed by atoms with Crippen LogP contribution in [0.1, 0.15) is 44.2 Å². The Bertz CT molecular complexity index is 1530. The minimum absolute atomic E-state index is 0.0630. The van der Waals surface area contributed by atoms with E-state index >= 15 is 0 Å². The average molecular weight is 521 g/mol. The van der Waals surface area contributed by atoms with Crippen molar-refractivity contribution in [2.75, 3.05) is 4.90 Å². The van der Waals surface area contributed by atoms with Gasteiger partial charge in [0.15, 0.2) is 5.76 Å². The van der Waals surface area contributed by atoms with Gasteiger partial charge in [-0.1, -0.05) is 74.3 Å². The molecule has 182 valence electrons. The minimum atomic E-state index is -0.820. The lowest BCUT2D eigenvalue weighted by molar-refractivity contribution is -0.121. The smallest absolute Gasteiger partial charge is 0.234 e. The molecule has 6 nitrogen and oxygen atoms in total. The number of rotatable bonds is 4. The van der Waals surface area contributed by atoms with Crippen LogP contribution in [0.3, 0.4) is 0 Å². The summed E-state index contributed by atoms with van der Waals surface area (Å²) in [5.74, 6) is -1.16. The molecule has 0 N–H and O–H groups in total. The van der Waals surface area contributed by atoms with Gasteiger partial charge in [0, 0.05) is 39.4 Å². The maximum Gasteiger partial charge on any atom is 0.234 e. The van der Waals surface area contributed by atoms with Gasteiger partial charge in [0.05, 0.1) is 11.1 Å². The number of ketones is 1.